The Hall–Kier alpha value is -1.71. The van der Waals surface area contributed by atoms with Gasteiger partial charge in [-0.25, -0.2) is 0 Å². The zero-order valence-corrected chi connectivity index (χ0v) is 11.6. The van der Waals surface area contributed by atoms with Crippen LogP contribution in [0.15, 0.2) is 53.5 Å². The zero-order valence-electron chi connectivity index (χ0n) is 10.1. The number of para-hydroxylation sites is 2. The Labute approximate surface area is 122 Å². The van der Waals surface area contributed by atoms with Gasteiger partial charge in [0.05, 0.1) is 22.1 Å². The molecule has 0 amide bonds. The molecule has 0 bridgehead atoms. The first-order chi connectivity index (χ1) is 9.22. The van der Waals surface area contributed by atoms with Crippen molar-refractivity contribution < 1.29 is 0 Å². The van der Waals surface area contributed by atoms with E-state index in [1.54, 1.807) is 0 Å². The van der Waals surface area contributed by atoms with Crippen LogP contribution in [0.5, 0.6) is 0 Å². The van der Waals surface area contributed by atoms with Crippen LogP contribution in [0.2, 0.25) is 5.02 Å². The summed E-state index contributed by atoms with van der Waals surface area (Å²) < 4.78 is 0. The number of nitrogens with zero attached hydrogens (tertiary/aromatic N) is 1. The second-order valence-corrected chi connectivity index (χ2v) is 5.24. The number of nitrogens with one attached hydrogen (secondary N) is 1. The van der Waals surface area contributed by atoms with Crippen molar-refractivity contribution in [3.63, 3.8) is 0 Å². The molecule has 19 heavy (non-hydrogen) atoms. The van der Waals surface area contributed by atoms with E-state index in [1.807, 2.05) is 48.5 Å². The first-order valence-electron chi connectivity index (χ1n) is 5.95. The molecule has 0 atom stereocenters. The molecule has 0 aliphatic carbocycles. The van der Waals surface area contributed by atoms with Gasteiger partial charge in [-0.1, -0.05) is 48.1 Å². The number of benzene rings is 2. The van der Waals surface area contributed by atoms with Crippen LogP contribution >= 0.6 is 23.8 Å². The summed E-state index contributed by atoms with van der Waals surface area (Å²) in [5.41, 5.74) is 3.79. The van der Waals surface area contributed by atoms with Gasteiger partial charge in [0.25, 0.3) is 0 Å². The molecule has 1 heterocycles. The van der Waals surface area contributed by atoms with Crippen LogP contribution in [0.3, 0.4) is 0 Å². The van der Waals surface area contributed by atoms with E-state index in [0.717, 1.165) is 27.6 Å². The fraction of sp³-hybridized carbons (Fsp3) is 0.0667. The minimum atomic E-state index is 0.615. The first kappa shape index (κ1) is 12.3. The summed E-state index contributed by atoms with van der Waals surface area (Å²) in [6.07, 6.45) is 0.615. The molecular weight excluding hydrogens is 276 g/mol. The molecule has 3 rings (SSSR count). The molecule has 1 aliphatic rings. The van der Waals surface area contributed by atoms with Gasteiger partial charge in [0.15, 0.2) is 0 Å². The molecule has 4 heteroatoms. The summed E-state index contributed by atoms with van der Waals surface area (Å²) in [5, 5.41) is 3.93. The van der Waals surface area contributed by atoms with Crippen molar-refractivity contribution >= 4 is 45.9 Å². The fourth-order valence-corrected chi connectivity index (χ4v) is 2.48. The van der Waals surface area contributed by atoms with Crippen LogP contribution < -0.4 is 5.32 Å². The maximum Gasteiger partial charge on any atom is 0.0868 e. The topological polar surface area (TPSA) is 24.4 Å². The van der Waals surface area contributed by atoms with E-state index in [4.69, 9.17) is 28.8 Å². The van der Waals surface area contributed by atoms with Crippen molar-refractivity contribution in [1.82, 2.24) is 0 Å². The Balaban J connectivity index is 2.11. The lowest BCUT2D eigenvalue weighted by atomic mass is 10.1. The van der Waals surface area contributed by atoms with Gasteiger partial charge in [0, 0.05) is 11.4 Å². The van der Waals surface area contributed by atoms with E-state index in [9.17, 15) is 0 Å². The average molecular weight is 287 g/mol. The van der Waals surface area contributed by atoms with E-state index in [2.05, 4.69) is 5.32 Å². The third-order valence-electron chi connectivity index (χ3n) is 2.92. The minimum absolute atomic E-state index is 0.615. The SMILES string of the molecule is S=C1CC(c2cccc(Cl)c2)=Nc2ccccc2N1. The van der Waals surface area contributed by atoms with Crippen LogP contribution in [0, 0.1) is 0 Å². The number of anilines is 1. The Morgan fingerprint density at radius 3 is 2.79 bits per heavy atom. The first-order valence-corrected chi connectivity index (χ1v) is 6.73. The van der Waals surface area contributed by atoms with Crippen LogP contribution in [0.1, 0.15) is 12.0 Å². The van der Waals surface area contributed by atoms with Crippen LogP contribution in [0.4, 0.5) is 11.4 Å². The molecule has 0 radical (unpaired) electrons. The molecular formula is C15H11ClN2S. The van der Waals surface area contributed by atoms with Crippen molar-refractivity contribution in [3.8, 4) is 0 Å². The second-order valence-electron chi connectivity index (χ2n) is 4.31. The Kier molecular flexibility index (Phi) is 3.32. The van der Waals surface area contributed by atoms with E-state index in [-0.39, 0.29) is 0 Å². The molecule has 1 N–H and O–H groups in total. The van der Waals surface area contributed by atoms with Crippen molar-refractivity contribution in [2.45, 2.75) is 6.42 Å². The Bertz CT molecular complexity index is 679. The maximum absolute atomic E-state index is 6.04. The minimum Gasteiger partial charge on any atom is -0.348 e. The normalized spacial score (nSPS) is 14.2. The number of hydrogen-bond acceptors (Lipinski definition) is 2. The van der Waals surface area contributed by atoms with Gasteiger partial charge in [-0.3, -0.25) is 4.99 Å². The van der Waals surface area contributed by atoms with Crippen LogP contribution in [-0.2, 0) is 0 Å². The molecule has 0 fully saturated rings. The lowest BCUT2D eigenvalue weighted by molar-refractivity contribution is 1.46. The van der Waals surface area contributed by atoms with Gasteiger partial charge in [-0.2, -0.15) is 0 Å². The van der Waals surface area contributed by atoms with Crippen molar-refractivity contribution in [3.05, 3.63) is 59.1 Å². The summed E-state index contributed by atoms with van der Waals surface area (Å²) in [6.45, 7) is 0. The highest BCUT2D eigenvalue weighted by atomic mass is 35.5. The third kappa shape index (κ3) is 2.67. The summed E-state index contributed by atoms with van der Waals surface area (Å²) in [5.74, 6) is 0. The van der Waals surface area contributed by atoms with Gasteiger partial charge >= 0.3 is 0 Å². The second kappa shape index (κ2) is 5.11. The van der Waals surface area contributed by atoms with Crippen molar-refractivity contribution in [2.75, 3.05) is 5.32 Å². The van der Waals surface area contributed by atoms with E-state index in [1.165, 1.54) is 0 Å². The van der Waals surface area contributed by atoms with Crippen LogP contribution in [0.25, 0.3) is 0 Å². The molecule has 2 aromatic rings. The monoisotopic (exact) mass is 286 g/mol. The maximum atomic E-state index is 6.04. The number of fused-ring (bicyclic) bond motifs is 1. The molecule has 0 unspecified atom stereocenters. The quantitative estimate of drug-likeness (QED) is 0.775. The highest BCUT2D eigenvalue weighted by molar-refractivity contribution is 7.80. The van der Waals surface area contributed by atoms with Crippen molar-refractivity contribution in [1.29, 1.82) is 0 Å². The number of halogens is 1. The number of hydrogen-bond donors (Lipinski definition) is 1. The highest BCUT2D eigenvalue weighted by Crippen LogP contribution is 2.29. The standard InChI is InChI=1S/C15H11ClN2S/c16-11-5-3-4-10(8-11)14-9-15(19)18-13-7-2-1-6-12(13)17-14/h1-8H,9H2,(H,18,19). The van der Waals surface area contributed by atoms with E-state index < -0.39 is 0 Å². The predicted octanol–water partition coefficient (Wildman–Crippen LogP) is 4.60. The third-order valence-corrected chi connectivity index (χ3v) is 3.40. The smallest absolute Gasteiger partial charge is 0.0868 e. The summed E-state index contributed by atoms with van der Waals surface area (Å²) in [4.78, 5) is 5.48. The molecule has 0 saturated heterocycles. The average Bonchev–Trinajstić information content (AvgIpc) is 2.56. The fourth-order valence-electron chi connectivity index (χ4n) is 2.04. The van der Waals surface area contributed by atoms with E-state index >= 15 is 0 Å². The molecule has 1 aliphatic heterocycles. The predicted molar refractivity (Wildman–Crippen MR) is 84.9 cm³/mol. The zero-order chi connectivity index (χ0) is 13.2. The Morgan fingerprint density at radius 1 is 1.11 bits per heavy atom. The van der Waals surface area contributed by atoms with E-state index in [0.29, 0.717) is 11.4 Å². The molecule has 0 saturated carbocycles. The lowest BCUT2D eigenvalue weighted by Crippen LogP contribution is -2.12. The highest BCUT2D eigenvalue weighted by Gasteiger charge is 2.14. The number of aliphatic imine (C=N–C) groups is 1. The number of thiocarbonyl (C=S) groups is 1. The summed E-state index contributed by atoms with van der Waals surface area (Å²) >= 11 is 11.4. The van der Waals surface area contributed by atoms with Crippen molar-refractivity contribution in [2.24, 2.45) is 4.99 Å². The van der Waals surface area contributed by atoms with Gasteiger partial charge in [0.1, 0.15) is 0 Å². The molecule has 0 aromatic heterocycles. The molecule has 2 nitrogen and oxygen atoms in total. The van der Waals surface area contributed by atoms with Gasteiger partial charge in [-0.15, -0.1) is 0 Å². The van der Waals surface area contributed by atoms with Gasteiger partial charge in [-0.05, 0) is 29.8 Å². The van der Waals surface area contributed by atoms with Gasteiger partial charge < -0.3 is 5.32 Å². The molecule has 94 valence electrons. The molecule has 0 spiro atoms. The number of rotatable bonds is 1. The summed E-state index contributed by atoms with van der Waals surface area (Å²) in [7, 11) is 0. The molecule has 2 aromatic carbocycles. The summed E-state index contributed by atoms with van der Waals surface area (Å²) in [6, 6.07) is 15.6. The Morgan fingerprint density at radius 2 is 1.95 bits per heavy atom. The van der Waals surface area contributed by atoms with Gasteiger partial charge in [0.2, 0.25) is 0 Å². The lowest BCUT2D eigenvalue weighted by Gasteiger charge is -2.05. The largest absolute Gasteiger partial charge is 0.348 e. The van der Waals surface area contributed by atoms with Crippen LogP contribution in [-0.4, -0.2) is 10.7 Å².